The van der Waals surface area contributed by atoms with Gasteiger partial charge in [0.05, 0.1) is 18.6 Å². The maximum Gasteiger partial charge on any atom is 0.280 e. The van der Waals surface area contributed by atoms with Crippen LogP contribution in [0.3, 0.4) is 0 Å². The van der Waals surface area contributed by atoms with Gasteiger partial charge in [-0.1, -0.05) is 0 Å². The fourth-order valence-electron chi connectivity index (χ4n) is 1.08. The van der Waals surface area contributed by atoms with Crippen molar-refractivity contribution in [1.29, 1.82) is 0 Å². The van der Waals surface area contributed by atoms with E-state index in [1.54, 1.807) is 6.92 Å². The predicted molar refractivity (Wildman–Crippen MR) is 52.9 cm³/mol. The molecule has 1 fully saturated rings. The molecular formula is C6H14N2O3S2. The van der Waals surface area contributed by atoms with E-state index in [2.05, 4.69) is 17.4 Å². The zero-order chi connectivity index (χ0) is 9.90. The average molecular weight is 226 g/mol. The Morgan fingerprint density at radius 3 is 2.46 bits per heavy atom. The van der Waals surface area contributed by atoms with E-state index < -0.39 is 10.2 Å². The number of hydrogen-bond donors (Lipinski definition) is 2. The van der Waals surface area contributed by atoms with E-state index in [9.17, 15) is 8.42 Å². The number of ether oxygens (including phenoxy) is 1. The molecule has 78 valence electrons. The Kier molecular flexibility index (Phi) is 3.99. The highest BCUT2D eigenvalue weighted by Crippen LogP contribution is 2.04. The molecule has 7 heteroatoms. The first-order chi connectivity index (χ1) is 6.02. The van der Waals surface area contributed by atoms with Crippen LogP contribution >= 0.6 is 12.6 Å². The van der Waals surface area contributed by atoms with Gasteiger partial charge < -0.3 is 4.74 Å². The molecule has 0 saturated carbocycles. The van der Waals surface area contributed by atoms with E-state index in [0.29, 0.717) is 26.3 Å². The van der Waals surface area contributed by atoms with E-state index in [4.69, 9.17) is 4.74 Å². The molecule has 1 saturated heterocycles. The van der Waals surface area contributed by atoms with Crippen LogP contribution in [0.4, 0.5) is 0 Å². The van der Waals surface area contributed by atoms with Gasteiger partial charge >= 0.3 is 0 Å². The Labute approximate surface area is 84.0 Å². The summed E-state index contributed by atoms with van der Waals surface area (Å²) >= 11 is 3.96. The highest BCUT2D eigenvalue weighted by atomic mass is 32.2. The average Bonchev–Trinajstić information content (AvgIpc) is 2.04. The van der Waals surface area contributed by atoms with Gasteiger partial charge in [-0.3, -0.25) is 0 Å². The van der Waals surface area contributed by atoms with Crippen LogP contribution in [0.1, 0.15) is 6.92 Å². The highest BCUT2D eigenvalue weighted by molar-refractivity contribution is 7.88. The second-order valence-electron chi connectivity index (χ2n) is 2.81. The van der Waals surface area contributed by atoms with Crippen LogP contribution in [-0.4, -0.2) is 44.4 Å². The summed E-state index contributed by atoms with van der Waals surface area (Å²) in [4.78, 5) is 0. The molecule has 5 nitrogen and oxygen atoms in total. The molecule has 1 heterocycles. The van der Waals surface area contributed by atoms with E-state index in [0.717, 1.165) is 0 Å². The molecule has 1 N–H and O–H groups in total. The van der Waals surface area contributed by atoms with Gasteiger partial charge in [-0.2, -0.15) is 30.1 Å². The SMILES string of the molecule is CC(S)NS(=O)(=O)N1CCOCC1. The van der Waals surface area contributed by atoms with Crippen LogP contribution in [0.25, 0.3) is 0 Å². The van der Waals surface area contributed by atoms with Gasteiger partial charge in [0, 0.05) is 13.1 Å². The second kappa shape index (κ2) is 4.61. The van der Waals surface area contributed by atoms with Crippen molar-refractivity contribution in [1.82, 2.24) is 9.03 Å². The van der Waals surface area contributed by atoms with Crippen LogP contribution < -0.4 is 4.72 Å². The Bertz CT molecular complexity index is 247. The van der Waals surface area contributed by atoms with Crippen molar-refractivity contribution in [2.45, 2.75) is 12.3 Å². The first kappa shape index (κ1) is 11.3. The van der Waals surface area contributed by atoms with E-state index in [-0.39, 0.29) is 5.37 Å². The molecule has 1 atom stereocenters. The van der Waals surface area contributed by atoms with Crippen molar-refractivity contribution in [3.63, 3.8) is 0 Å². The molecule has 0 spiro atoms. The minimum absolute atomic E-state index is 0.368. The lowest BCUT2D eigenvalue weighted by molar-refractivity contribution is 0.0725. The lowest BCUT2D eigenvalue weighted by atomic mass is 10.5. The van der Waals surface area contributed by atoms with Gasteiger partial charge in [-0.25, -0.2) is 0 Å². The fraction of sp³-hybridized carbons (Fsp3) is 1.00. The Morgan fingerprint density at radius 1 is 1.46 bits per heavy atom. The third kappa shape index (κ3) is 3.43. The summed E-state index contributed by atoms with van der Waals surface area (Å²) < 4.78 is 31.8. The molecule has 0 aliphatic carbocycles. The zero-order valence-corrected chi connectivity index (χ0v) is 9.14. The van der Waals surface area contributed by atoms with Crippen molar-refractivity contribution in [3.8, 4) is 0 Å². The van der Waals surface area contributed by atoms with Crippen LogP contribution in [0.5, 0.6) is 0 Å². The normalized spacial score (nSPS) is 22.9. The van der Waals surface area contributed by atoms with Crippen LogP contribution in [0.15, 0.2) is 0 Å². The molecule has 0 bridgehead atoms. The van der Waals surface area contributed by atoms with Crippen molar-refractivity contribution in [2.24, 2.45) is 0 Å². The number of morpholine rings is 1. The molecule has 0 aromatic rings. The van der Waals surface area contributed by atoms with E-state index in [1.165, 1.54) is 4.31 Å². The van der Waals surface area contributed by atoms with E-state index in [1.807, 2.05) is 0 Å². The molecule has 1 aliphatic rings. The Morgan fingerprint density at radius 2 is 2.00 bits per heavy atom. The quantitative estimate of drug-likeness (QED) is 0.500. The Balaban J connectivity index is 2.57. The largest absolute Gasteiger partial charge is 0.379 e. The minimum atomic E-state index is -3.36. The minimum Gasteiger partial charge on any atom is -0.379 e. The van der Waals surface area contributed by atoms with Crippen LogP contribution in [-0.2, 0) is 14.9 Å². The van der Waals surface area contributed by atoms with Gasteiger partial charge in [0.25, 0.3) is 10.2 Å². The summed E-state index contributed by atoms with van der Waals surface area (Å²) in [6.07, 6.45) is 0. The van der Waals surface area contributed by atoms with Crippen molar-refractivity contribution in [3.05, 3.63) is 0 Å². The first-order valence-corrected chi connectivity index (χ1v) is 6.01. The summed E-state index contributed by atoms with van der Waals surface area (Å²) in [7, 11) is -3.36. The Hall–Kier alpha value is 0.180. The number of rotatable bonds is 3. The monoisotopic (exact) mass is 226 g/mol. The summed E-state index contributed by atoms with van der Waals surface area (Å²) in [5.74, 6) is 0. The lowest BCUT2D eigenvalue weighted by Crippen LogP contribution is -2.47. The van der Waals surface area contributed by atoms with Crippen LogP contribution in [0.2, 0.25) is 0 Å². The maximum absolute atomic E-state index is 11.5. The lowest BCUT2D eigenvalue weighted by Gasteiger charge is -2.26. The summed E-state index contributed by atoms with van der Waals surface area (Å²) in [6.45, 7) is 3.41. The zero-order valence-electron chi connectivity index (χ0n) is 7.43. The number of thiol groups is 1. The van der Waals surface area contributed by atoms with Gasteiger partial charge in [0.15, 0.2) is 0 Å². The number of nitrogens with one attached hydrogen (secondary N) is 1. The predicted octanol–water partition coefficient (Wildman–Crippen LogP) is -0.571. The van der Waals surface area contributed by atoms with Gasteiger partial charge in [-0.15, -0.1) is 0 Å². The summed E-state index contributed by atoms with van der Waals surface area (Å²) in [5, 5.41) is -0.368. The maximum atomic E-state index is 11.5. The fourth-order valence-corrected chi connectivity index (χ4v) is 2.69. The van der Waals surface area contributed by atoms with Crippen molar-refractivity contribution in [2.75, 3.05) is 26.3 Å². The molecule has 1 rings (SSSR count). The standard InChI is InChI=1S/C6H14N2O3S2/c1-6(12)7-13(9,10)8-2-4-11-5-3-8/h6-7,12H,2-5H2,1H3. The molecular weight excluding hydrogens is 212 g/mol. The number of hydrogen-bond acceptors (Lipinski definition) is 4. The topological polar surface area (TPSA) is 58.6 Å². The molecule has 0 aromatic heterocycles. The smallest absolute Gasteiger partial charge is 0.280 e. The molecule has 0 aromatic carbocycles. The van der Waals surface area contributed by atoms with E-state index >= 15 is 0 Å². The van der Waals surface area contributed by atoms with Crippen molar-refractivity contribution >= 4 is 22.8 Å². The van der Waals surface area contributed by atoms with Gasteiger partial charge in [0.2, 0.25) is 0 Å². The van der Waals surface area contributed by atoms with Gasteiger partial charge in [0.1, 0.15) is 0 Å². The molecule has 0 amide bonds. The second-order valence-corrected chi connectivity index (χ2v) is 5.29. The summed E-state index contributed by atoms with van der Waals surface area (Å²) in [6, 6.07) is 0. The first-order valence-electron chi connectivity index (χ1n) is 4.05. The molecule has 13 heavy (non-hydrogen) atoms. The third-order valence-electron chi connectivity index (χ3n) is 1.63. The molecule has 1 unspecified atom stereocenters. The highest BCUT2D eigenvalue weighted by Gasteiger charge is 2.24. The number of nitrogens with zero attached hydrogens (tertiary/aromatic N) is 1. The van der Waals surface area contributed by atoms with Crippen molar-refractivity contribution < 1.29 is 13.2 Å². The third-order valence-corrected chi connectivity index (χ3v) is 3.63. The molecule has 1 aliphatic heterocycles. The summed E-state index contributed by atoms with van der Waals surface area (Å²) in [5.41, 5.74) is 0. The molecule has 0 radical (unpaired) electrons. The van der Waals surface area contributed by atoms with Gasteiger partial charge in [-0.05, 0) is 6.92 Å². The van der Waals surface area contributed by atoms with Crippen LogP contribution in [0, 0.1) is 0 Å².